The molecule has 0 saturated heterocycles. The fourth-order valence-corrected chi connectivity index (χ4v) is 3.23. The summed E-state index contributed by atoms with van der Waals surface area (Å²) < 4.78 is 33.6. The van der Waals surface area contributed by atoms with Gasteiger partial charge < -0.3 is 9.84 Å². The first-order chi connectivity index (χ1) is 16.7. The normalized spacial score (nSPS) is 11.8. The Morgan fingerprint density at radius 2 is 2.11 bits per heavy atom. The van der Waals surface area contributed by atoms with Gasteiger partial charge in [0, 0.05) is 49.0 Å². The molecule has 3 heterocycles. The lowest BCUT2D eigenvalue weighted by Crippen LogP contribution is -2.20. The van der Waals surface area contributed by atoms with Crippen LogP contribution in [0.15, 0.2) is 58.5 Å². The van der Waals surface area contributed by atoms with Crippen LogP contribution in [-0.4, -0.2) is 32.5 Å². The van der Waals surface area contributed by atoms with Crippen LogP contribution in [0.3, 0.4) is 0 Å². The van der Waals surface area contributed by atoms with Gasteiger partial charge in [-0.25, -0.2) is 8.78 Å². The molecule has 182 valence electrons. The third-order valence-corrected chi connectivity index (χ3v) is 5.17. The Balaban J connectivity index is 1.77. The van der Waals surface area contributed by atoms with Gasteiger partial charge in [0.25, 0.3) is 5.56 Å². The molecule has 0 aromatic carbocycles. The van der Waals surface area contributed by atoms with E-state index in [1.807, 2.05) is 6.07 Å². The topological polar surface area (TPSA) is 89.6 Å². The minimum Gasteiger partial charge on any atom is -0.485 e. The van der Waals surface area contributed by atoms with Gasteiger partial charge in [-0.05, 0) is 31.6 Å². The summed E-state index contributed by atoms with van der Waals surface area (Å²) in [6.45, 7) is 7.01. The van der Waals surface area contributed by atoms with Crippen molar-refractivity contribution >= 4 is 29.7 Å². The lowest BCUT2D eigenvalue weighted by atomic mass is 10.2. The van der Waals surface area contributed by atoms with Crippen LogP contribution in [0.5, 0.6) is 5.75 Å². The smallest absolute Gasteiger partial charge is 0.277 e. The van der Waals surface area contributed by atoms with Crippen LogP contribution < -0.4 is 10.3 Å². The summed E-state index contributed by atoms with van der Waals surface area (Å²) in [4.78, 5) is 25.2. The number of aliphatic hydroxyl groups is 1. The molecule has 0 fully saturated rings. The van der Waals surface area contributed by atoms with Crippen molar-refractivity contribution in [3.63, 3.8) is 0 Å². The van der Waals surface area contributed by atoms with Crippen LogP contribution in [0, 0.1) is 18.6 Å². The van der Waals surface area contributed by atoms with Gasteiger partial charge in [-0.2, -0.15) is 0 Å². The molecule has 1 N–H and O–H groups in total. The number of nitrogens with zero attached hydrogens (tertiary/aromatic N) is 4. The van der Waals surface area contributed by atoms with E-state index in [1.165, 1.54) is 16.8 Å². The summed E-state index contributed by atoms with van der Waals surface area (Å²) in [5, 5.41) is 8.87. The number of rotatable bonds is 9. The van der Waals surface area contributed by atoms with Crippen molar-refractivity contribution < 1.29 is 18.6 Å². The zero-order valence-electron chi connectivity index (χ0n) is 19.1. The van der Waals surface area contributed by atoms with Gasteiger partial charge in [0.1, 0.15) is 28.9 Å². The Morgan fingerprint density at radius 1 is 1.34 bits per heavy atom. The zero-order chi connectivity index (χ0) is 25.5. The van der Waals surface area contributed by atoms with Crippen molar-refractivity contribution in [3.8, 4) is 5.75 Å². The molecule has 0 unspecified atom stereocenters. The molecule has 3 rings (SSSR count). The van der Waals surface area contributed by atoms with E-state index in [2.05, 4.69) is 21.5 Å². The minimum absolute atomic E-state index is 0.00541. The molecule has 0 aliphatic heterocycles. The molecule has 0 atom stereocenters. The molecule has 10 heteroatoms. The van der Waals surface area contributed by atoms with Gasteiger partial charge >= 0.3 is 0 Å². The summed E-state index contributed by atoms with van der Waals surface area (Å²) in [6, 6.07) is 7.61. The summed E-state index contributed by atoms with van der Waals surface area (Å²) >= 11 is 6.20. The number of halogens is 3. The van der Waals surface area contributed by atoms with E-state index in [-0.39, 0.29) is 29.7 Å². The highest BCUT2D eigenvalue weighted by molar-refractivity contribution is 6.31. The van der Waals surface area contributed by atoms with Gasteiger partial charge in [0.15, 0.2) is 5.82 Å². The van der Waals surface area contributed by atoms with E-state index in [0.29, 0.717) is 35.1 Å². The maximum atomic E-state index is 13.8. The standard InChI is InChI=1S/C25H23ClF2N4O3/c1-15(11-29-17(3)21-6-4-5-19(31-21)7-8-33)13-32-16(2)9-23(24(26)25(32)34)35-14-22-20(28)10-18(27)12-30-22/h4-6,9-13,33H,3,7-8,14H2,1-2H3/b15-13+,29-11?. The van der Waals surface area contributed by atoms with Crippen LogP contribution in [0.2, 0.25) is 5.02 Å². The van der Waals surface area contributed by atoms with Crippen LogP contribution >= 0.6 is 11.6 Å². The number of aliphatic imine (C=N–C) groups is 1. The Morgan fingerprint density at radius 3 is 2.83 bits per heavy atom. The molecule has 3 aromatic rings. The highest BCUT2D eigenvalue weighted by atomic mass is 35.5. The average Bonchev–Trinajstić information content (AvgIpc) is 2.83. The van der Waals surface area contributed by atoms with Crippen LogP contribution in [0.1, 0.15) is 29.7 Å². The fraction of sp³-hybridized carbons (Fsp3) is 0.200. The molecule has 0 aliphatic carbocycles. The molecular formula is C25H23ClF2N4O3. The van der Waals surface area contributed by atoms with Crippen LogP contribution in [0.25, 0.3) is 11.9 Å². The molecule has 0 radical (unpaired) electrons. The Bertz CT molecular complexity index is 1370. The number of aliphatic hydroxyl groups excluding tert-OH is 1. The van der Waals surface area contributed by atoms with Crippen molar-refractivity contribution in [2.24, 2.45) is 4.99 Å². The SMILES string of the molecule is C=C(N=C/C(C)=C/n1c(C)cc(OCc2ncc(F)cc2F)c(Cl)c1=O)c1cccc(CCO)n1. The number of hydrogen-bond acceptors (Lipinski definition) is 6. The second-order valence-electron chi connectivity index (χ2n) is 7.58. The van der Waals surface area contributed by atoms with E-state index in [9.17, 15) is 13.6 Å². The first-order valence-corrected chi connectivity index (χ1v) is 10.9. The number of aromatic nitrogens is 3. The predicted molar refractivity (Wildman–Crippen MR) is 131 cm³/mol. The molecule has 0 spiro atoms. The van der Waals surface area contributed by atoms with Crippen LogP contribution in [-0.2, 0) is 13.0 Å². The van der Waals surface area contributed by atoms with Gasteiger partial charge in [-0.15, -0.1) is 0 Å². The molecule has 3 aromatic heterocycles. The maximum absolute atomic E-state index is 13.8. The average molecular weight is 501 g/mol. The third kappa shape index (κ3) is 6.68. The third-order valence-electron chi connectivity index (χ3n) is 4.82. The summed E-state index contributed by atoms with van der Waals surface area (Å²) in [5.41, 5.74) is 2.20. The van der Waals surface area contributed by atoms with Gasteiger partial charge in [-0.1, -0.05) is 24.2 Å². The zero-order valence-corrected chi connectivity index (χ0v) is 19.9. The molecular weight excluding hydrogens is 478 g/mol. The minimum atomic E-state index is -0.860. The molecule has 0 amide bonds. The number of pyridine rings is 3. The van der Waals surface area contributed by atoms with E-state index < -0.39 is 17.2 Å². The van der Waals surface area contributed by atoms with E-state index in [4.69, 9.17) is 21.4 Å². The van der Waals surface area contributed by atoms with Gasteiger partial charge in [0.2, 0.25) is 0 Å². The predicted octanol–water partition coefficient (Wildman–Crippen LogP) is 4.59. The molecule has 0 bridgehead atoms. The number of ether oxygens (including phenoxy) is 1. The Labute approximate surface area is 205 Å². The number of hydrogen-bond donors (Lipinski definition) is 1. The first-order valence-electron chi connectivity index (χ1n) is 10.5. The van der Waals surface area contributed by atoms with Gasteiger partial charge in [-0.3, -0.25) is 24.3 Å². The lowest BCUT2D eigenvalue weighted by molar-refractivity contribution is 0.292. The highest BCUT2D eigenvalue weighted by Gasteiger charge is 2.14. The van der Waals surface area contributed by atoms with Crippen molar-refractivity contribution in [2.45, 2.75) is 26.9 Å². The molecule has 35 heavy (non-hydrogen) atoms. The van der Waals surface area contributed by atoms with Crippen molar-refractivity contribution in [2.75, 3.05) is 6.61 Å². The Hall–Kier alpha value is -3.69. The first kappa shape index (κ1) is 25.9. The van der Waals surface area contributed by atoms with Crippen molar-refractivity contribution in [3.05, 3.63) is 98.5 Å². The monoisotopic (exact) mass is 500 g/mol. The summed E-state index contributed by atoms with van der Waals surface area (Å²) in [5.74, 6) is -1.61. The van der Waals surface area contributed by atoms with Gasteiger partial charge in [0.05, 0.1) is 17.6 Å². The van der Waals surface area contributed by atoms with E-state index in [1.54, 1.807) is 32.2 Å². The summed E-state index contributed by atoms with van der Waals surface area (Å²) in [6.07, 6.45) is 4.40. The molecule has 7 nitrogen and oxygen atoms in total. The Kier molecular flexibility index (Phi) is 8.62. The quantitative estimate of drug-likeness (QED) is 0.434. The highest BCUT2D eigenvalue weighted by Crippen LogP contribution is 2.23. The second kappa shape index (κ2) is 11.6. The van der Waals surface area contributed by atoms with E-state index >= 15 is 0 Å². The molecule has 0 aliphatic rings. The largest absolute Gasteiger partial charge is 0.485 e. The van der Waals surface area contributed by atoms with Crippen LogP contribution in [0.4, 0.5) is 8.78 Å². The van der Waals surface area contributed by atoms with Crippen molar-refractivity contribution in [1.29, 1.82) is 0 Å². The molecule has 0 saturated carbocycles. The summed E-state index contributed by atoms with van der Waals surface area (Å²) in [7, 11) is 0. The second-order valence-corrected chi connectivity index (χ2v) is 7.95. The number of aryl methyl sites for hydroxylation is 1. The van der Waals surface area contributed by atoms with Crippen molar-refractivity contribution in [1.82, 2.24) is 14.5 Å². The van der Waals surface area contributed by atoms with E-state index in [0.717, 1.165) is 11.9 Å². The lowest BCUT2D eigenvalue weighted by Gasteiger charge is -2.12. The maximum Gasteiger partial charge on any atom is 0.277 e. The fourth-order valence-electron chi connectivity index (χ4n) is 3.03. The number of allylic oxidation sites excluding steroid dienone is 1.